The Morgan fingerprint density at radius 1 is 0.902 bits per heavy atom. The van der Waals surface area contributed by atoms with Crippen molar-refractivity contribution in [2.75, 3.05) is 32.0 Å². The molecule has 3 aromatic rings. The van der Waals surface area contributed by atoms with Crippen LogP contribution in [-0.2, 0) is 19.6 Å². The molecule has 0 radical (unpaired) electrons. The van der Waals surface area contributed by atoms with E-state index < -0.39 is 21.5 Å². The van der Waals surface area contributed by atoms with Crippen molar-refractivity contribution in [1.82, 2.24) is 10.2 Å². The first-order chi connectivity index (χ1) is 19.3. The van der Waals surface area contributed by atoms with E-state index in [4.69, 9.17) is 16.3 Å². The predicted octanol–water partition coefficient (Wildman–Crippen LogP) is 5.41. The molecular weight excluding hydrogens is 562 g/mol. The molecule has 2 N–H and O–H groups in total. The number of esters is 1. The first-order valence-corrected chi connectivity index (χ1v) is 15.2. The Hall–Kier alpha value is -3.40. The van der Waals surface area contributed by atoms with Crippen LogP contribution in [0.4, 0.5) is 5.69 Å². The molecule has 1 aliphatic heterocycles. The second-order valence-electron chi connectivity index (χ2n) is 10.9. The third-order valence-electron chi connectivity index (χ3n) is 7.72. The van der Waals surface area contributed by atoms with Gasteiger partial charge >= 0.3 is 5.97 Å². The number of amides is 1. The molecule has 0 spiro atoms. The van der Waals surface area contributed by atoms with Crippen LogP contribution in [0.5, 0.6) is 0 Å². The molecule has 4 rings (SSSR count). The molecule has 218 valence electrons. The Morgan fingerprint density at radius 3 is 2.15 bits per heavy atom. The standard InChI is InChI=1S/C31H36ClN3O5S/c1-19-17-27(20(2)16-26(19)32)41(38,39)34-25-9-7-8-23(18-25)24-14-21(3)28(22(4)15-24)29(36)33-31(30(37)40-6)10-12-35(5)13-11-31/h7-9,14-18,34H,10-13H2,1-6H3,(H,33,36). The van der Waals surface area contributed by atoms with Gasteiger partial charge in [0.25, 0.3) is 15.9 Å². The Kier molecular flexibility index (Phi) is 8.82. The molecule has 0 bridgehead atoms. The van der Waals surface area contributed by atoms with E-state index >= 15 is 0 Å². The lowest BCUT2D eigenvalue weighted by molar-refractivity contribution is -0.150. The van der Waals surface area contributed by atoms with Gasteiger partial charge in [0.2, 0.25) is 0 Å². The first-order valence-electron chi connectivity index (χ1n) is 13.4. The van der Waals surface area contributed by atoms with Gasteiger partial charge in [-0.2, -0.15) is 0 Å². The van der Waals surface area contributed by atoms with Gasteiger partial charge in [0.1, 0.15) is 5.54 Å². The second kappa shape index (κ2) is 11.8. The summed E-state index contributed by atoms with van der Waals surface area (Å²) in [4.78, 5) is 28.5. The van der Waals surface area contributed by atoms with Gasteiger partial charge < -0.3 is 15.0 Å². The number of aryl methyl sites for hydroxylation is 4. The molecule has 1 amide bonds. The summed E-state index contributed by atoms with van der Waals surface area (Å²) in [6, 6.07) is 14.1. The number of halogens is 1. The van der Waals surface area contributed by atoms with Gasteiger partial charge in [0.15, 0.2) is 0 Å². The highest BCUT2D eigenvalue weighted by atomic mass is 35.5. The average Bonchev–Trinajstić information content (AvgIpc) is 2.91. The predicted molar refractivity (Wildman–Crippen MR) is 162 cm³/mol. The van der Waals surface area contributed by atoms with Crippen molar-refractivity contribution in [2.45, 2.75) is 51.0 Å². The van der Waals surface area contributed by atoms with Crippen LogP contribution in [0.15, 0.2) is 53.4 Å². The number of rotatable bonds is 7. The third kappa shape index (κ3) is 6.42. The summed E-state index contributed by atoms with van der Waals surface area (Å²) in [6.45, 7) is 8.51. The number of hydrogen-bond donors (Lipinski definition) is 2. The number of sulfonamides is 1. The van der Waals surface area contributed by atoms with E-state index in [2.05, 4.69) is 14.9 Å². The molecule has 1 saturated heterocycles. The van der Waals surface area contributed by atoms with Crippen molar-refractivity contribution < 1.29 is 22.7 Å². The molecule has 0 aliphatic carbocycles. The molecule has 1 aliphatic rings. The molecule has 0 unspecified atom stereocenters. The molecule has 0 aromatic heterocycles. The highest BCUT2D eigenvalue weighted by Gasteiger charge is 2.43. The number of piperidine rings is 1. The Balaban J connectivity index is 1.61. The summed E-state index contributed by atoms with van der Waals surface area (Å²) in [5, 5.41) is 3.51. The van der Waals surface area contributed by atoms with Gasteiger partial charge in [-0.1, -0.05) is 35.9 Å². The molecule has 41 heavy (non-hydrogen) atoms. The molecule has 8 nitrogen and oxygen atoms in total. The molecule has 10 heteroatoms. The van der Waals surface area contributed by atoms with Crippen LogP contribution >= 0.6 is 11.6 Å². The highest BCUT2D eigenvalue weighted by Crippen LogP contribution is 2.31. The fourth-order valence-corrected chi connectivity index (χ4v) is 6.94. The minimum Gasteiger partial charge on any atom is -0.467 e. The fraction of sp³-hybridized carbons (Fsp3) is 0.355. The molecule has 0 atom stereocenters. The maximum Gasteiger partial charge on any atom is 0.331 e. The van der Waals surface area contributed by atoms with E-state index in [0.29, 0.717) is 53.3 Å². The summed E-state index contributed by atoms with van der Waals surface area (Å²) < 4.78 is 34.2. The summed E-state index contributed by atoms with van der Waals surface area (Å²) >= 11 is 6.16. The number of likely N-dealkylation sites (tertiary alicyclic amines) is 1. The monoisotopic (exact) mass is 597 g/mol. The zero-order chi connectivity index (χ0) is 30.1. The van der Waals surface area contributed by atoms with E-state index in [1.807, 2.05) is 39.1 Å². The van der Waals surface area contributed by atoms with E-state index in [1.165, 1.54) is 7.11 Å². The van der Waals surface area contributed by atoms with Crippen molar-refractivity contribution in [2.24, 2.45) is 0 Å². The maximum absolute atomic E-state index is 13.5. The van der Waals surface area contributed by atoms with E-state index in [9.17, 15) is 18.0 Å². The van der Waals surface area contributed by atoms with Crippen LogP contribution in [-0.4, -0.2) is 58.0 Å². The largest absolute Gasteiger partial charge is 0.467 e. The molecule has 0 saturated carbocycles. The molecular formula is C31H36ClN3O5S. The topological polar surface area (TPSA) is 105 Å². The van der Waals surface area contributed by atoms with Crippen LogP contribution < -0.4 is 10.0 Å². The fourth-order valence-electron chi connectivity index (χ4n) is 5.36. The summed E-state index contributed by atoms with van der Waals surface area (Å²) in [5.41, 5.74) is 4.17. The minimum atomic E-state index is -3.85. The van der Waals surface area contributed by atoms with Crippen LogP contribution in [0.25, 0.3) is 11.1 Å². The lowest BCUT2D eigenvalue weighted by Crippen LogP contribution is -2.60. The number of ether oxygens (including phenoxy) is 1. The van der Waals surface area contributed by atoms with Gasteiger partial charge in [-0.15, -0.1) is 0 Å². The minimum absolute atomic E-state index is 0.168. The van der Waals surface area contributed by atoms with Crippen LogP contribution in [0.1, 0.15) is 45.5 Å². The number of nitrogens with one attached hydrogen (secondary N) is 2. The van der Waals surface area contributed by atoms with Crippen molar-refractivity contribution in [3.05, 3.63) is 81.4 Å². The van der Waals surface area contributed by atoms with Gasteiger partial charge in [0, 0.05) is 29.4 Å². The zero-order valence-electron chi connectivity index (χ0n) is 24.2. The number of hydrogen-bond acceptors (Lipinski definition) is 6. The Morgan fingerprint density at radius 2 is 1.54 bits per heavy atom. The number of carbonyl (C=O) groups excluding carboxylic acids is 2. The Labute approximate surface area is 247 Å². The van der Waals surface area contributed by atoms with Crippen molar-refractivity contribution in [3.63, 3.8) is 0 Å². The van der Waals surface area contributed by atoms with Crippen molar-refractivity contribution >= 4 is 39.2 Å². The zero-order valence-corrected chi connectivity index (χ0v) is 25.8. The molecule has 3 aromatic carbocycles. The summed E-state index contributed by atoms with van der Waals surface area (Å²) in [5.74, 6) is -0.759. The van der Waals surface area contributed by atoms with Crippen LogP contribution in [0.2, 0.25) is 5.02 Å². The summed E-state index contributed by atoms with van der Waals surface area (Å²) in [7, 11) is -0.531. The number of carbonyl (C=O) groups is 2. The number of methoxy groups -OCH3 is 1. The van der Waals surface area contributed by atoms with Crippen LogP contribution in [0.3, 0.4) is 0 Å². The smallest absolute Gasteiger partial charge is 0.331 e. The van der Waals surface area contributed by atoms with Gasteiger partial charge in [-0.25, -0.2) is 13.2 Å². The lowest BCUT2D eigenvalue weighted by atomic mass is 9.86. The van der Waals surface area contributed by atoms with Crippen molar-refractivity contribution in [1.29, 1.82) is 0 Å². The normalized spacial score (nSPS) is 15.3. The van der Waals surface area contributed by atoms with Gasteiger partial charge in [-0.05, 0) is 105 Å². The number of benzene rings is 3. The second-order valence-corrected chi connectivity index (χ2v) is 12.9. The number of anilines is 1. The van der Waals surface area contributed by atoms with Crippen molar-refractivity contribution in [3.8, 4) is 11.1 Å². The van der Waals surface area contributed by atoms with E-state index in [-0.39, 0.29) is 10.8 Å². The third-order valence-corrected chi connectivity index (χ3v) is 9.65. The maximum atomic E-state index is 13.5. The van der Waals surface area contributed by atoms with E-state index in [1.54, 1.807) is 44.2 Å². The molecule has 1 fully saturated rings. The Bertz CT molecular complexity index is 1590. The molecule has 1 heterocycles. The summed E-state index contributed by atoms with van der Waals surface area (Å²) in [6.07, 6.45) is 0.936. The number of nitrogens with zero attached hydrogens (tertiary/aromatic N) is 1. The van der Waals surface area contributed by atoms with Gasteiger partial charge in [-0.3, -0.25) is 9.52 Å². The quantitative estimate of drug-likeness (QED) is 0.353. The lowest BCUT2D eigenvalue weighted by Gasteiger charge is -2.39. The van der Waals surface area contributed by atoms with Gasteiger partial charge in [0.05, 0.1) is 12.0 Å². The SMILES string of the molecule is COC(=O)C1(NC(=O)c2c(C)cc(-c3cccc(NS(=O)(=O)c4cc(C)c(Cl)cc4C)c3)cc2C)CCN(C)CC1. The highest BCUT2D eigenvalue weighted by molar-refractivity contribution is 7.92. The average molecular weight is 598 g/mol. The first kappa shape index (κ1) is 30.6. The van der Waals surface area contributed by atoms with E-state index in [0.717, 1.165) is 22.3 Å². The van der Waals surface area contributed by atoms with Crippen LogP contribution in [0, 0.1) is 27.7 Å².